The average Bonchev–Trinajstić information content (AvgIpc) is 3.00. The number of aliphatic imine (C=N–C) groups is 1. The van der Waals surface area contributed by atoms with E-state index in [0.29, 0.717) is 6.04 Å². The summed E-state index contributed by atoms with van der Waals surface area (Å²) >= 11 is 0. The Kier molecular flexibility index (Phi) is 9.92. The minimum atomic E-state index is 0. The summed E-state index contributed by atoms with van der Waals surface area (Å²) in [6.07, 6.45) is 9.14. The lowest BCUT2D eigenvalue weighted by molar-refractivity contribution is 0.249. The first-order chi connectivity index (χ1) is 11.9. The van der Waals surface area contributed by atoms with Crippen LogP contribution in [0.1, 0.15) is 51.1 Å². The zero-order chi connectivity index (χ0) is 18.4. The number of nitrogens with one attached hydrogen (secondary N) is 2. The molecule has 2 rings (SSSR count). The van der Waals surface area contributed by atoms with Gasteiger partial charge in [-0.15, -0.1) is 24.0 Å². The zero-order valence-corrected chi connectivity index (χ0v) is 19.5. The van der Waals surface area contributed by atoms with Gasteiger partial charge in [-0.2, -0.15) is 5.10 Å². The maximum Gasteiger partial charge on any atom is 0.191 e. The molecular weight excluding hydrogens is 439 g/mol. The molecule has 0 radical (unpaired) electrons. The normalized spacial score (nSPS) is 22.2. The van der Waals surface area contributed by atoms with Crippen LogP contribution in [-0.2, 0) is 7.05 Å². The molecule has 150 valence electrons. The van der Waals surface area contributed by atoms with Crippen molar-refractivity contribution in [2.45, 2.75) is 51.6 Å². The van der Waals surface area contributed by atoms with Crippen LogP contribution < -0.4 is 10.6 Å². The van der Waals surface area contributed by atoms with Crippen LogP contribution in [0.4, 0.5) is 0 Å². The van der Waals surface area contributed by atoms with Gasteiger partial charge in [-0.05, 0) is 51.6 Å². The van der Waals surface area contributed by atoms with Crippen molar-refractivity contribution in [3.05, 3.63) is 18.0 Å². The fourth-order valence-corrected chi connectivity index (χ4v) is 3.72. The van der Waals surface area contributed by atoms with Crippen molar-refractivity contribution in [3.8, 4) is 0 Å². The number of aromatic nitrogens is 2. The van der Waals surface area contributed by atoms with E-state index in [1.165, 1.54) is 31.2 Å². The maximum absolute atomic E-state index is 4.42. The molecular formula is C19H37IN6. The van der Waals surface area contributed by atoms with Gasteiger partial charge in [0.1, 0.15) is 0 Å². The highest BCUT2D eigenvalue weighted by molar-refractivity contribution is 14.0. The summed E-state index contributed by atoms with van der Waals surface area (Å²) in [6.45, 7) is 5.50. The van der Waals surface area contributed by atoms with Crippen molar-refractivity contribution in [2.24, 2.45) is 23.9 Å². The van der Waals surface area contributed by atoms with E-state index < -0.39 is 0 Å². The minimum absolute atomic E-state index is 0. The fraction of sp³-hybridized carbons (Fsp3) is 0.789. The summed E-state index contributed by atoms with van der Waals surface area (Å²) in [5.74, 6) is 2.60. The summed E-state index contributed by atoms with van der Waals surface area (Å²) in [7, 11) is 8.01. The third kappa shape index (κ3) is 6.72. The van der Waals surface area contributed by atoms with Crippen LogP contribution in [-0.4, -0.2) is 54.4 Å². The Morgan fingerprint density at radius 2 is 1.96 bits per heavy atom. The van der Waals surface area contributed by atoms with Gasteiger partial charge < -0.3 is 15.5 Å². The van der Waals surface area contributed by atoms with Gasteiger partial charge in [0.25, 0.3) is 0 Å². The Hall–Kier alpha value is -0.830. The van der Waals surface area contributed by atoms with Gasteiger partial charge in [-0.25, -0.2) is 0 Å². The Balaban J connectivity index is 0.00000338. The highest BCUT2D eigenvalue weighted by Crippen LogP contribution is 2.29. The number of hydrogen-bond acceptors (Lipinski definition) is 3. The fourth-order valence-electron chi connectivity index (χ4n) is 3.72. The van der Waals surface area contributed by atoms with Gasteiger partial charge in [-0.1, -0.05) is 13.8 Å². The molecule has 1 aliphatic rings. The molecule has 1 aliphatic carbocycles. The van der Waals surface area contributed by atoms with Crippen LogP contribution in [0.15, 0.2) is 17.4 Å². The van der Waals surface area contributed by atoms with E-state index in [9.17, 15) is 0 Å². The van der Waals surface area contributed by atoms with Gasteiger partial charge in [0.15, 0.2) is 5.96 Å². The topological polar surface area (TPSA) is 57.5 Å². The standard InChI is InChI=1S/C19H36N6.HI/c1-14(2)15-7-9-17(10-8-15)23-19(20-3)21-12-18(24(4)5)16-11-22-25(6)13-16;/h11,13-15,17-18H,7-10,12H2,1-6H3,(H2,20,21,23);1H. The molecule has 0 aliphatic heterocycles. The second-order valence-corrected chi connectivity index (χ2v) is 7.88. The molecule has 0 amide bonds. The molecule has 7 heteroatoms. The molecule has 0 spiro atoms. The molecule has 2 N–H and O–H groups in total. The van der Waals surface area contributed by atoms with Crippen LogP contribution in [0.2, 0.25) is 0 Å². The molecule has 1 heterocycles. The van der Waals surface area contributed by atoms with E-state index in [4.69, 9.17) is 0 Å². The molecule has 1 unspecified atom stereocenters. The van der Waals surface area contributed by atoms with E-state index in [2.05, 4.69) is 59.8 Å². The molecule has 0 saturated heterocycles. The third-order valence-electron chi connectivity index (χ3n) is 5.47. The molecule has 1 atom stereocenters. The van der Waals surface area contributed by atoms with Crippen molar-refractivity contribution in [3.63, 3.8) is 0 Å². The Bertz CT molecular complexity index is 546. The van der Waals surface area contributed by atoms with Crippen LogP contribution in [0.3, 0.4) is 0 Å². The number of rotatable bonds is 6. The Labute approximate surface area is 176 Å². The van der Waals surface area contributed by atoms with Gasteiger partial charge >= 0.3 is 0 Å². The van der Waals surface area contributed by atoms with Crippen molar-refractivity contribution < 1.29 is 0 Å². The number of halogens is 1. The number of aryl methyl sites for hydroxylation is 1. The maximum atomic E-state index is 4.42. The lowest BCUT2D eigenvalue weighted by atomic mass is 9.80. The minimum Gasteiger partial charge on any atom is -0.354 e. The smallest absolute Gasteiger partial charge is 0.191 e. The molecule has 1 saturated carbocycles. The van der Waals surface area contributed by atoms with Crippen molar-refractivity contribution in [2.75, 3.05) is 27.7 Å². The van der Waals surface area contributed by atoms with Gasteiger partial charge in [0.05, 0.1) is 12.2 Å². The van der Waals surface area contributed by atoms with E-state index in [1.807, 2.05) is 25.0 Å². The highest BCUT2D eigenvalue weighted by atomic mass is 127. The molecule has 26 heavy (non-hydrogen) atoms. The molecule has 0 aromatic carbocycles. The predicted octanol–water partition coefficient (Wildman–Crippen LogP) is 3.02. The third-order valence-corrected chi connectivity index (χ3v) is 5.47. The first-order valence-electron chi connectivity index (χ1n) is 9.52. The van der Waals surface area contributed by atoms with Crippen molar-refractivity contribution >= 4 is 29.9 Å². The second-order valence-electron chi connectivity index (χ2n) is 7.88. The summed E-state index contributed by atoms with van der Waals surface area (Å²) < 4.78 is 1.85. The van der Waals surface area contributed by atoms with Gasteiger partial charge in [0.2, 0.25) is 0 Å². The number of likely N-dealkylation sites (N-methyl/N-ethyl adjacent to an activating group) is 1. The molecule has 1 fully saturated rings. The summed E-state index contributed by atoms with van der Waals surface area (Å²) in [5.41, 5.74) is 1.22. The first kappa shape index (κ1) is 23.2. The lowest BCUT2D eigenvalue weighted by Crippen LogP contribution is -2.47. The number of nitrogens with zero attached hydrogens (tertiary/aromatic N) is 4. The molecule has 0 bridgehead atoms. The molecule has 1 aromatic rings. The first-order valence-corrected chi connectivity index (χ1v) is 9.52. The van der Waals surface area contributed by atoms with E-state index in [1.54, 1.807) is 0 Å². The van der Waals surface area contributed by atoms with Gasteiger partial charge in [-0.3, -0.25) is 9.67 Å². The van der Waals surface area contributed by atoms with E-state index in [-0.39, 0.29) is 30.0 Å². The van der Waals surface area contributed by atoms with Crippen LogP contribution in [0, 0.1) is 11.8 Å². The van der Waals surface area contributed by atoms with Gasteiger partial charge in [0, 0.05) is 38.4 Å². The van der Waals surface area contributed by atoms with Crippen molar-refractivity contribution in [1.29, 1.82) is 0 Å². The van der Waals surface area contributed by atoms with E-state index >= 15 is 0 Å². The summed E-state index contributed by atoms with van der Waals surface area (Å²) in [6, 6.07) is 0.807. The van der Waals surface area contributed by atoms with Crippen LogP contribution in [0.25, 0.3) is 0 Å². The predicted molar refractivity (Wildman–Crippen MR) is 120 cm³/mol. The summed E-state index contributed by atoms with van der Waals surface area (Å²) in [5, 5.41) is 11.4. The Morgan fingerprint density at radius 3 is 2.42 bits per heavy atom. The largest absolute Gasteiger partial charge is 0.354 e. The second kappa shape index (κ2) is 11.1. The SMILES string of the molecule is CN=C(NCC(c1cnn(C)c1)N(C)C)NC1CCC(C(C)C)CC1.I. The molecule has 1 aromatic heterocycles. The highest BCUT2D eigenvalue weighted by Gasteiger charge is 2.24. The summed E-state index contributed by atoms with van der Waals surface area (Å²) in [4.78, 5) is 6.63. The Morgan fingerprint density at radius 1 is 1.31 bits per heavy atom. The van der Waals surface area contributed by atoms with Crippen LogP contribution in [0.5, 0.6) is 0 Å². The number of hydrogen-bond donors (Lipinski definition) is 2. The molecule has 6 nitrogen and oxygen atoms in total. The van der Waals surface area contributed by atoms with E-state index in [0.717, 1.165) is 24.3 Å². The van der Waals surface area contributed by atoms with Crippen LogP contribution >= 0.6 is 24.0 Å². The lowest BCUT2D eigenvalue weighted by Gasteiger charge is -2.32. The number of guanidine groups is 1. The van der Waals surface area contributed by atoms with Crippen molar-refractivity contribution in [1.82, 2.24) is 25.3 Å². The average molecular weight is 476 g/mol. The zero-order valence-electron chi connectivity index (χ0n) is 17.2. The monoisotopic (exact) mass is 476 g/mol. The quantitative estimate of drug-likeness (QED) is 0.377.